The fourth-order valence-electron chi connectivity index (χ4n) is 4.23. The van der Waals surface area contributed by atoms with Gasteiger partial charge in [0.1, 0.15) is 6.04 Å². The van der Waals surface area contributed by atoms with E-state index in [-0.39, 0.29) is 24.8 Å². The Balaban J connectivity index is 2.28. The zero-order valence-electron chi connectivity index (χ0n) is 23.0. The van der Waals surface area contributed by atoms with Gasteiger partial charge in [0, 0.05) is 30.1 Å². The molecule has 2 aromatic carbocycles. The van der Waals surface area contributed by atoms with Crippen LogP contribution in [0.5, 0.6) is 0 Å². The van der Waals surface area contributed by atoms with Crippen molar-refractivity contribution in [2.75, 3.05) is 17.1 Å². The van der Waals surface area contributed by atoms with Crippen molar-refractivity contribution < 1.29 is 18.0 Å². The van der Waals surface area contributed by atoms with Crippen LogP contribution in [0, 0.1) is 13.8 Å². The first-order valence-corrected chi connectivity index (χ1v) is 14.8. The first-order valence-electron chi connectivity index (χ1n) is 12.5. The molecule has 2 amide bonds. The lowest BCUT2D eigenvalue weighted by molar-refractivity contribution is -0.142. The third kappa shape index (κ3) is 9.04. The maximum Gasteiger partial charge on any atom is 0.243 e. The van der Waals surface area contributed by atoms with Crippen LogP contribution in [-0.4, -0.2) is 49.5 Å². The van der Waals surface area contributed by atoms with Gasteiger partial charge in [0.25, 0.3) is 0 Å². The molecule has 0 saturated carbocycles. The van der Waals surface area contributed by atoms with Crippen LogP contribution in [-0.2, 0) is 26.2 Å². The summed E-state index contributed by atoms with van der Waals surface area (Å²) in [5.74, 6) is -0.406. The maximum absolute atomic E-state index is 13.5. The van der Waals surface area contributed by atoms with Gasteiger partial charge in [-0.15, -0.1) is 0 Å². The monoisotopic (exact) mass is 549 g/mol. The number of hydrogen-bond acceptors (Lipinski definition) is 4. The first kappa shape index (κ1) is 30.6. The van der Waals surface area contributed by atoms with Gasteiger partial charge < -0.3 is 10.2 Å². The van der Waals surface area contributed by atoms with Crippen LogP contribution >= 0.6 is 11.6 Å². The largest absolute Gasteiger partial charge is 0.350 e. The van der Waals surface area contributed by atoms with Gasteiger partial charge in [-0.1, -0.05) is 54.4 Å². The van der Waals surface area contributed by atoms with Gasteiger partial charge in [-0.2, -0.15) is 0 Å². The van der Waals surface area contributed by atoms with Crippen LogP contribution in [0.1, 0.15) is 63.6 Å². The van der Waals surface area contributed by atoms with E-state index in [0.717, 1.165) is 17.4 Å². The van der Waals surface area contributed by atoms with Crippen molar-refractivity contribution in [2.24, 2.45) is 0 Å². The van der Waals surface area contributed by atoms with Gasteiger partial charge in [0.2, 0.25) is 21.8 Å². The molecule has 37 heavy (non-hydrogen) atoms. The standard InChI is InChI=1S/C28H40ClN3O4S/c1-8-24(27(34)30-28(4,5)6)31(19-22-13-9-12-20(2)18-22)26(33)16-11-17-32(37(7,35)36)25-15-10-14-23(29)21(25)3/h9-10,12-15,18,24H,8,11,16-17,19H2,1-7H3,(H,30,34)/t24-/m0/s1. The van der Waals surface area contributed by atoms with Crippen molar-refractivity contribution in [3.63, 3.8) is 0 Å². The minimum absolute atomic E-state index is 0.0940. The van der Waals surface area contributed by atoms with Gasteiger partial charge in [-0.3, -0.25) is 13.9 Å². The molecule has 0 aliphatic rings. The molecular weight excluding hydrogens is 510 g/mol. The number of benzene rings is 2. The summed E-state index contributed by atoms with van der Waals surface area (Å²) in [4.78, 5) is 28.3. The molecule has 0 aliphatic carbocycles. The van der Waals surface area contributed by atoms with E-state index in [2.05, 4.69) is 5.32 Å². The van der Waals surface area contributed by atoms with E-state index < -0.39 is 21.6 Å². The van der Waals surface area contributed by atoms with Crippen LogP contribution in [0.3, 0.4) is 0 Å². The zero-order valence-corrected chi connectivity index (χ0v) is 24.5. The number of nitrogens with one attached hydrogen (secondary N) is 1. The molecule has 1 atom stereocenters. The van der Waals surface area contributed by atoms with Gasteiger partial charge in [0.15, 0.2) is 0 Å². The van der Waals surface area contributed by atoms with E-state index in [1.54, 1.807) is 30.0 Å². The zero-order chi connectivity index (χ0) is 28.0. The number of anilines is 1. The van der Waals surface area contributed by atoms with Crippen LogP contribution < -0.4 is 9.62 Å². The SMILES string of the molecule is CC[C@@H](C(=O)NC(C)(C)C)N(Cc1cccc(C)c1)C(=O)CCCN(c1cccc(Cl)c1C)S(C)(=O)=O. The Labute approximate surface area is 227 Å². The highest BCUT2D eigenvalue weighted by atomic mass is 35.5. The third-order valence-electron chi connectivity index (χ3n) is 5.98. The number of nitrogens with zero attached hydrogens (tertiary/aromatic N) is 2. The molecule has 1 N–H and O–H groups in total. The minimum Gasteiger partial charge on any atom is -0.350 e. The summed E-state index contributed by atoms with van der Waals surface area (Å²) < 4.78 is 26.5. The highest BCUT2D eigenvalue weighted by Crippen LogP contribution is 2.28. The lowest BCUT2D eigenvalue weighted by atomic mass is 10.0. The lowest BCUT2D eigenvalue weighted by Crippen LogP contribution is -2.53. The van der Waals surface area contributed by atoms with Gasteiger partial charge in [0.05, 0.1) is 11.9 Å². The second-order valence-corrected chi connectivity index (χ2v) is 12.8. The average Bonchev–Trinajstić information content (AvgIpc) is 2.76. The summed E-state index contributed by atoms with van der Waals surface area (Å²) in [5, 5.41) is 3.47. The number of carbonyl (C=O) groups excluding carboxylic acids is 2. The van der Waals surface area contributed by atoms with Crippen LogP contribution in [0.25, 0.3) is 0 Å². The molecule has 0 heterocycles. The lowest BCUT2D eigenvalue weighted by Gasteiger charge is -2.33. The third-order valence-corrected chi connectivity index (χ3v) is 7.57. The van der Waals surface area contributed by atoms with E-state index in [1.807, 2.05) is 58.9 Å². The van der Waals surface area contributed by atoms with Crippen LogP contribution in [0.2, 0.25) is 5.02 Å². The fraction of sp³-hybridized carbons (Fsp3) is 0.500. The van der Waals surface area contributed by atoms with Crippen LogP contribution in [0.4, 0.5) is 5.69 Å². The topological polar surface area (TPSA) is 86.8 Å². The smallest absolute Gasteiger partial charge is 0.243 e. The van der Waals surface area contributed by atoms with Crippen molar-refractivity contribution >= 4 is 39.1 Å². The predicted molar refractivity (Wildman–Crippen MR) is 151 cm³/mol. The summed E-state index contributed by atoms with van der Waals surface area (Å²) in [7, 11) is -3.60. The summed E-state index contributed by atoms with van der Waals surface area (Å²) >= 11 is 6.23. The van der Waals surface area contributed by atoms with Crippen molar-refractivity contribution in [2.45, 2.75) is 78.9 Å². The Morgan fingerprint density at radius 3 is 2.30 bits per heavy atom. The maximum atomic E-state index is 13.5. The van der Waals surface area contributed by atoms with Crippen molar-refractivity contribution in [3.8, 4) is 0 Å². The van der Waals surface area contributed by atoms with Crippen LogP contribution in [0.15, 0.2) is 42.5 Å². The number of aryl methyl sites for hydroxylation is 1. The summed E-state index contributed by atoms with van der Waals surface area (Å²) in [6, 6.07) is 12.3. The molecule has 0 unspecified atom stereocenters. The van der Waals surface area contributed by atoms with Gasteiger partial charge >= 0.3 is 0 Å². The molecule has 204 valence electrons. The minimum atomic E-state index is -3.60. The first-order chi connectivity index (χ1) is 17.1. The molecule has 7 nitrogen and oxygen atoms in total. The molecule has 0 bridgehead atoms. The summed E-state index contributed by atoms with van der Waals surface area (Å²) in [6.45, 7) is 11.8. The normalized spacial score (nSPS) is 12.6. The Kier molecular flexibility index (Phi) is 10.6. The van der Waals surface area contributed by atoms with Crippen molar-refractivity contribution in [1.29, 1.82) is 0 Å². The molecule has 9 heteroatoms. The molecule has 0 saturated heterocycles. The Hall–Kier alpha value is -2.58. The predicted octanol–water partition coefficient (Wildman–Crippen LogP) is 5.23. The van der Waals surface area contributed by atoms with E-state index in [0.29, 0.717) is 35.7 Å². The van der Waals surface area contributed by atoms with Crippen molar-refractivity contribution in [3.05, 3.63) is 64.2 Å². The number of sulfonamides is 1. The number of hydrogen-bond donors (Lipinski definition) is 1. The number of amides is 2. The van der Waals surface area contributed by atoms with Crippen molar-refractivity contribution in [1.82, 2.24) is 10.2 Å². The fourth-order valence-corrected chi connectivity index (χ4v) is 5.41. The van der Waals surface area contributed by atoms with E-state index in [4.69, 9.17) is 11.6 Å². The second-order valence-electron chi connectivity index (χ2n) is 10.5. The number of carbonyl (C=O) groups is 2. The van der Waals surface area contributed by atoms with E-state index in [1.165, 1.54) is 4.31 Å². The molecule has 0 fully saturated rings. The molecule has 0 spiro atoms. The molecule has 0 aromatic heterocycles. The number of rotatable bonds is 11. The molecule has 2 aromatic rings. The Bertz CT molecular complexity index is 1210. The van der Waals surface area contributed by atoms with Gasteiger partial charge in [-0.05, 0) is 70.7 Å². The summed E-state index contributed by atoms with van der Waals surface area (Å²) in [6.07, 6.45) is 1.98. The average molecular weight is 550 g/mol. The summed E-state index contributed by atoms with van der Waals surface area (Å²) in [5.41, 5.74) is 2.72. The van der Waals surface area contributed by atoms with Gasteiger partial charge in [-0.25, -0.2) is 8.42 Å². The highest BCUT2D eigenvalue weighted by Gasteiger charge is 2.31. The quantitative estimate of drug-likeness (QED) is 0.416. The molecular formula is C28H40ClN3O4S. The van der Waals surface area contributed by atoms with E-state index >= 15 is 0 Å². The Morgan fingerprint density at radius 1 is 1.08 bits per heavy atom. The Morgan fingerprint density at radius 2 is 1.73 bits per heavy atom. The molecule has 2 rings (SSSR count). The molecule has 0 aliphatic heterocycles. The second kappa shape index (κ2) is 12.8. The number of halogens is 1. The van der Waals surface area contributed by atoms with E-state index in [9.17, 15) is 18.0 Å². The molecule has 0 radical (unpaired) electrons. The highest BCUT2D eigenvalue weighted by molar-refractivity contribution is 7.92.